The van der Waals surface area contributed by atoms with E-state index < -0.39 is 17.6 Å². The number of nitrogens with one attached hydrogen (secondary N) is 1. The van der Waals surface area contributed by atoms with Gasteiger partial charge in [-0.3, -0.25) is 14.6 Å². The van der Waals surface area contributed by atoms with Crippen molar-refractivity contribution >= 4 is 35.5 Å². The molecule has 0 aliphatic heterocycles. The topological polar surface area (TPSA) is 162 Å². The molecule has 4 atom stereocenters. The molecule has 1 aliphatic rings. The SMILES string of the molecule is CC(C)[C@H](N)C(=O)OC[C@H]1C[C@@H](n2cnc3c(=O)[nH]c(N)nc32)[C@@H]1CO.Cl. The summed E-state index contributed by atoms with van der Waals surface area (Å²) in [5, 5.41) is 9.76. The monoisotopic (exact) mass is 400 g/mol. The summed E-state index contributed by atoms with van der Waals surface area (Å²) in [7, 11) is 0. The number of nitrogens with zero attached hydrogens (tertiary/aromatic N) is 3. The van der Waals surface area contributed by atoms with Crippen LogP contribution in [0.25, 0.3) is 11.2 Å². The van der Waals surface area contributed by atoms with Crippen LogP contribution in [0.5, 0.6) is 0 Å². The number of rotatable bonds is 6. The van der Waals surface area contributed by atoms with Gasteiger partial charge in [-0.25, -0.2) is 4.98 Å². The molecule has 1 saturated carbocycles. The first-order valence-electron chi connectivity index (χ1n) is 8.58. The highest BCUT2D eigenvalue weighted by atomic mass is 35.5. The van der Waals surface area contributed by atoms with Gasteiger partial charge in [0, 0.05) is 24.5 Å². The summed E-state index contributed by atoms with van der Waals surface area (Å²) in [5.41, 5.74) is 11.6. The molecular formula is C16H25ClN6O4. The molecule has 0 aromatic carbocycles. The quantitative estimate of drug-likeness (QED) is 0.485. The number of aliphatic hydroxyl groups excluding tert-OH is 1. The van der Waals surface area contributed by atoms with Gasteiger partial charge in [-0.15, -0.1) is 12.4 Å². The van der Waals surface area contributed by atoms with Crippen molar-refractivity contribution in [3.63, 3.8) is 0 Å². The van der Waals surface area contributed by atoms with Gasteiger partial charge in [0.1, 0.15) is 6.04 Å². The summed E-state index contributed by atoms with van der Waals surface area (Å²) in [6.07, 6.45) is 2.19. The first-order valence-corrected chi connectivity index (χ1v) is 8.58. The Morgan fingerprint density at radius 2 is 2.22 bits per heavy atom. The van der Waals surface area contributed by atoms with Crippen LogP contribution in [-0.2, 0) is 9.53 Å². The lowest BCUT2D eigenvalue weighted by molar-refractivity contribution is -0.151. The standard InChI is InChI=1S/C16H24N6O4.ClH/c1-7(2)11(17)15(25)26-5-8-3-10(9(8)4-23)22-6-19-12-13(22)20-16(18)21-14(12)24;/h6-11,23H,3-5,17H2,1-2H3,(H3,18,20,21,24);1H/t8-,9-,10-,11+;/m1./s1. The number of halogens is 1. The Hall–Kier alpha value is -2.17. The number of carbonyl (C=O) groups excluding carboxylic acids is 1. The van der Waals surface area contributed by atoms with Gasteiger partial charge < -0.3 is 25.9 Å². The maximum atomic E-state index is 11.9. The van der Waals surface area contributed by atoms with Gasteiger partial charge in [0.2, 0.25) is 5.95 Å². The van der Waals surface area contributed by atoms with Crippen LogP contribution in [0.4, 0.5) is 5.95 Å². The van der Waals surface area contributed by atoms with Gasteiger partial charge in [0.25, 0.3) is 5.56 Å². The molecule has 0 spiro atoms. The molecule has 6 N–H and O–H groups in total. The van der Waals surface area contributed by atoms with E-state index in [2.05, 4.69) is 15.0 Å². The van der Waals surface area contributed by atoms with Gasteiger partial charge in [-0.2, -0.15) is 4.98 Å². The lowest BCUT2D eigenvalue weighted by Gasteiger charge is -2.44. The van der Waals surface area contributed by atoms with Gasteiger partial charge in [-0.05, 0) is 12.3 Å². The largest absolute Gasteiger partial charge is 0.464 e. The summed E-state index contributed by atoms with van der Waals surface area (Å²) < 4.78 is 7.05. The Balaban J connectivity index is 0.00000261. The Kier molecular flexibility index (Phi) is 6.45. The van der Waals surface area contributed by atoms with Crippen molar-refractivity contribution in [3.8, 4) is 0 Å². The Morgan fingerprint density at radius 1 is 1.52 bits per heavy atom. The minimum absolute atomic E-state index is 0. The van der Waals surface area contributed by atoms with Gasteiger partial charge in [-0.1, -0.05) is 13.8 Å². The Morgan fingerprint density at radius 3 is 2.85 bits per heavy atom. The molecule has 1 fully saturated rings. The number of carbonyl (C=O) groups is 1. The van der Waals surface area contributed by atoms with E-state index in [0.29, 0.717) is 12.1 Å². The molecule has 0 radical (unpaired) electrons. The molecule has 150 valence electrons. The zero-order valence-electron chi connectivity index (χ0n) is 15.2. The molecule has 0 unspecified atom stereocenters. The van der Waals surface area contributed by atoms with Crippen molar-refractivity contribution in [2.24, 2.45) is 23.5 Å². The molecule has 0 bridgehead atoms. The summed E-state index contributed by atoms with van der Waals surface area (Å²) in [5.74, 6) is -0.563. The fourth-order valence-electron chi connectivity index (χ4n) is 3.30. The highest BCUT2D eigenvalue weighted by molar-refractivity contribution is 5.85. The number of anilines is 1. The van der Waals surface area contributed by atoms with Crippen molar-refractivity contribution in [2.75, 3.05) is 18.9 Å². The average molecular weight is 401 g/mol. The van der Waals surface area contributed by atoms with E-state index >= 15 is 0 Å². The third kappa shape index (κ3) is 3.92. The van der Waals surface area contributed by atoms with Crippen LogP contribution in [0.3, 0.4) is 0 Å². The van der Waals surface area contributed by atoms with Crippen LogP contribution in [-0.4, -0.2) is 49.9 Å². The minimum atomic E-state index is -0.657. The lowest BCUT2D eigenvalue weighted by Crippen LogP contribution is -2.45. The maximum Gasteiger partial charge on any atom is 0.323 e. The summed E-state index contributed by atoms with van der Waals surface area (Å²) >= 11 is 0. The second-order valence-electron chi connectivity index (χ2n) is 7.08. The maximum absolute atomic E-state index is 11.9. The lowest BCUT2D eigenvalue weighted by atomic mass is 9.70. The van der Waals surface area contributed by atoms with Gasteiger partial charge in [0.15, 0.2) is 11.2 Å². The van der Waals surface area contributed by atoms with Gasteiger partial charge in [0.05, 0.1) is 12.9 Å². The number of nitrogen functional groups attached to an aromatic ring is 1. The number of aromatic nitrogens is 4. The van der Waals surface area contributed by atoms with Crippen LogP contribution in [0.2, 0.25) is 0 Å². The van der Waals surface area contributed by atoms with E-state index in [-0.39, 0.29) is 60.9 Å². The molecule has 0 amide bonds. The Bertz CT molecular complexity index is 866. The number of esters is 1. The number of fused-ring (bicyclic) bond motifs is 1. The van der Waals surface area contributed by atoms with E-state index in [0.717, 1.165) is 0 Å². The molecule has 2 aromatic rings. The molecule has 10 nitrogen and oxygen atoms in total. The second-order valence-corrected chi connectivity index (χ2v) is 7.08. The highest BCUT2D eigenvalue weighted by Crippen LogP contribution is 2.44. The van der Waals surface area contributed by atoms with Crippen LogP contribution in [0.15, 0.2) is 11.1 Å². The Labute approximate surface area is 161 Å². The summed E-state index contributed by atoms with van der Waals surface area (Å²) in [4.78, 5) is 34.4. The number of H-pyrrole nitrogens is 1. The number of nitrogens with two attached hydrogens (primary N) is 2. The van der Waals surface area contributed by atoms with Crippen LogP contribution in [0, 0.1) is 17.8 Å². The van der Waals surface area contributed by atoms with Crippen molar-refractivity contribution < 1.29 is 14.6 Å². The number of aromatic amines is 1. The van der Waals surface area contributed by atoms with E-state index in [1.54, 1.807) is 4.57 Å². The fraction of sp³-hybridized carbons (Fsp3) is 0.625. The van der Waals surface area contributed by atoms with Crippen molar-refractivity contribution in [1.82, 2.24) is 19.5 Å². The second kappa shape index (κ2) is 8.24. The third-order valence-electron chi connectivity index (χ3n) is 5.09. The van der Waals surface area contributed by atoms with E-state index in [1.807, 2.05) is 13.8 Å². The smallest absolute Gasteiger partial charge is 0.323 e. The number of hydrogen-bond acceptors (Lipinski definition) is 8. The highest BCUT2D eigenvalue weighted by Gasteiger charge is 2.43. The fourth-order valence-corrected chi connectivity index (χ4v) is 3.30. The molecule has 27 heavy (non-hydrogen) atoms. The minimum Gasteiger partial charge on any atom is -0.464 e. The normalized spacial score (nSPS) is 22.9. The zero-order chi connectivity index (χ0) is 19.0. The molecule has 1 aliphatic carbocycles. The van der Waals surface area contributed by atoms with E-state index in [1.165, 1.54) is 6.33 Å². The third-order valence-corrected chi connectivity index (χ3v) is 5.09. The van der Waals surface area contributed by atoms with E-state index in [9.17, 15) is 14.7 Å². The number of ether oxygens (including phenoxy) is 1. The average Bonchev–Trinajstić information content (AvgIpc) is 2.97. The first-order chi connectivity index (χ1) is 12.3. The predicted molar refractivity (Wildman–Crippen MR) is 101 cm³/mol. The number of imidazole rings is 1. The molecular weight excluding hydrogens is 376 g/mol. The van der Waals surface area contributed by atoms with Gasteiger partial charge >= 0.3 is 5.97 Å². The molecule has 3 rings (SSSR count). The predicted octanol–water partition coefficient (Wildman–Crippen LogP) is -0.180. The van der Waals surface area contributed by atoms with Crippen molar-refractivity contribution in [2.45, 2.75) is 32.4 Å². The molecule has 2 aromatic heterocycles. The van der Waals surface area contributed by atoms with Crippen molar-refractivity contribution in [3.05, 3.63) is 16.7 Å². The van der Waals surface area contributed by atoms with E-state index in [4.69, 9.17) is 16.2 Å². The van der Waals surface area contributed by atoms with Crippen LogP contribution >= 0.6 is 12.4 Å². The number of aliphatic hydroxyl groups is 1. The van der Waals surface area contributed by atoms with Crippen LogP contribution in [0.1, 0.15) is 26.3 Å². The summed E-state index contributed by atoms with van der Waals surface area (Å²) in [6, 6.07) is -0.754. The molecule has 0 saturated heterocycles. The van der Waals surface area contributed by atoms with Crippen molar-refractivity contribution in [1.29, 1.82) is 0 Å². The van der Waals surface area contributed by atoms with Crippen LogP contribution < -0.4 is 17.0 Å². The zero-order valence-corrected chi connectivity index (χ0v) is 16.0. The first kappa shape index (κ1) is 21.1. The molecule has 11 heteroatoms. The number of hydrogen-bond donors (Lipinski definition) is 4. The summed E-state index contributed by atoms with van der Waals surface area (Å²) in [6.45, 7) is 3.82. The molecule has 2 heterocycles.